The number of hydrogen-bond donors (Lipinski definition) is 0. The van der Waals surface area contributed by atoms with E-state index in [1.165, 1.54) is 18.4 Å². The summed E-state index contributed by atoms with van der Waals surface area (Å²) in [4.78, 5) is 11.9. The molecule has 0 saturated heterocycles. The van der Waals surface area contributed by atoms with Gasteiger partial charge in [-0.15, -0.1) is 13.2 Å². The summed E-state index contributed by atoms with van der Waals surface area (Å²) in [5, 5.41) is 3.73. The van der Waals surface area contributed by atoms with Crippen molar-refractivity contribution in [1.82, 2.24) is 5.16 Å². The Bertz CT molecular complexity index is 838. The van der Waals surface area contributed by atoms with Crippen LogP contribution in [-0.4, -0.2) is 17.5 Å². The molecule has 0 unspecified atom stereocenters. The van der Waals surface area contributed by atoms with Gasteiger partial charge in [-0.1, -0.05) is 5.16 Å². The Morgan fingerprint density at radius 2 is 1.88 bits per heavy atom. The number of furan rings is 1. The Kier molecular flexibility index (Phi) is 4.46. The molecule has 0 spiro atoms. The highest BCUT2D eigenvalue weighted by molar-refractivity contribution is 5.89. The summed E-state index contributed by atoms with van der Waals surface area (Å²) in [5.41, 5.74) is 0.432. The van der Waals surface area contributed by atoms with E-state index >= 15 is 0 Å². The predicted molar refractivity (Wildman–Crippen MR) is 76.4 cm³/mol. The highest BCUT2D eigenvalue weighted by Crippen LogP contribution is 2.23. The van der Waals surface area contributed by atoms with Gasteiger partial charge >= 0.3 is 12.3 Å². The second-order valence-electron chi connectivity index (χ2n) is 4.81. The summed E-state index contributed by atoms with van der Waals surface area (Å²) >= 11 is 0. The minimum absolute atomic E-state index is 0.0734. The van der Waals surface area contributed by atoms with E-state index in [2.05, 4.69) is 9.89 Å². The van der Waals surface area contributed by atoms with E-state index in [0.717, 1.165) is 12.1 Å². The Hall–Kier alpha value is -3.23. The van der Waals surface area contributed by atoms with Crippen LogP contribution in [-0.2, 0) is 11.3 Å². The number of alkyl halides is 3. The fraction of sp³-hybridized carbons (Fsp3) is 0.125. The first-order valence-corrected chi connectivity index (χ1v) is 6.93. The Morgan fingerprint density at radius 3 is 2.52 bits per heavy atom. The van der Waals surface area contributed by atoms with Gasteiger partial charge in [-0.3, -0.25) is 0 Å². The van der Waals surface area contributed by atoms with Crippen LogP contribution in [0.5, 0.6) is 5.75 Å². The Morgan fingerprint density at radius 1 is 1.12 bits per heavy atom. The van der Waals surface area contributed by atoms with Crippen molar-refractivity contribution in [2.45, 2.75) is 13.0 Å². The maximum absolute atomic E-state index is 12.1. The zero-order valence-electron chi connectivity index (χ0n) is 12.4. The van der Waals surface area contributed by atoms with Crippen molar-refractivity contribution in [3.63, 3.8) is 0 Å². The monoisotopic (exact) mass is 353 g/mol. The maximum Gasteiger partial charge on any atom is 0.573 e. The molecule has 0 aliphatic rings. The minimum atomic E-state index is -4.79. The molecular weight excluding hydrogens is 343 g/mol. The normalized spacial score (nSPS) is 11.3. The molecule has 3 aromatic rings. The fourth-order valence-corrected chi connectivity index (χ4v) is 1.93. The number of benzene rings is 1. The number of aromatic nitrogens is 1. The van der Waals surface area contributed by atoms with E-state index in [-0.39, 0.29) is 12.2 Å². The highest BCUT2D eigenvalue weighted by atomic mass is 19.4. The molecule has 1 aromatic carbocycles. The van der Waals surface area contributed by atoms with Crippen molar-refractivity contribution in [3.8, 4) is 17.3 Å². The molecule has 0 fully saturated rings. The van der Waals surface area contributed by atoms with Crippen molar-refractivity contribution in [3.05, 3.63) is 60.0 Å². The molecule has 130 valence electrons. The molecule has 9 heteroatoms. The van der Waals surface area contributed by atoms with Crippen LogP contribution in [0.15, 0.2) is 57.7 Å². The number of halogens is 3. The molecule has 25 heavy (non-hydrogen) atoms. The van der Waals surface area contributed by atoms with E-state index in [1.807, 2.05) is 0 Å². The Labute approximate surface area is 138 Å². The number of ether oxygens (including phenoxy) is 2. The summed E-state index contributed by atoms with van der Waals surface area (Å²) in [6.07, 6.45) is -3.32. The van der Waals surface area contributed by atoms with Crippen molar-refractivity contribution in [2.24, 2.45) is 0 Å². The van der Waals surface area contributed by atoms with Gasteiger partial charge in [0.15, 0.2) is 5.76 Å². The number of nitrogens with zero attached hydrogens (tertiary/aromatic N) is 1. The van der Waals surface area contributed by atoms with Crippen molar-refractivity contribution < 1.29 is 36.4 Å². The van der Waals surface area contributed by atoms with Crippen LogP contribution in [0.4, 0.5) is 13.2 Å². The first-order chi connectivity index (χ1) is 11.9. The molecule has 0 atom stereocenters. The standard InChI is InChI=1S/C16H10F3NO5/c17-16(18,19)24-12-5-3-10(4-6-12)15(21)23-9-11-8-14(25-20-11)13-2-1-7-22-13/h1-8H,9H2. The van der Waals surface area contributed by atoms with Gasteiger partial charge in [0.05, 0.1) is 11.8 Å². The van der Waals surface area contributed by atoms with Gasteiger partial charge in [-0.2, -0.15) is 0 Å². The molecule has 0 amide bonds. The summed E-state index contributed by atoms with van der Waals surface area (Å²) < 4.78 is 55.2. The van der Waals surface area contributed by atoms with E-state index in [1.54, 1.807) is 18.2 Å². The number of carbonyl (C=O) groups excluding carboxylic acids is 1. The van der Waals surface area contributed by atoms with Crippen LogP contribution < -0.4 is 4.74 Å². The zero-order chi connectivity index (χ0) is 17.9. The Balaban J connectivity index is 1.57. The molecular formula is C16H10F3NO5. The van der Waals surface area contributed by atoms with Gasteiger partial charge in [0, 0.05) is 6.07 Å². The average Bonchev–Trinajstić information content (AvgIpc) is 3.23. The lowest BCUT2D eigenvalue weighted by Crippen LogP contribution is -2.17. The summed E-state index contributed by atoms with van der Waals surface area (Å²) in [6.45, 7) is -0.163. The lowest BCUT2D eigenvalue weighted by atomic mass is 10.2. The summed E-state index contributed by atoms with van der Waals surface area (Å²) in [7, 11) is 0. The molecule has 0 radical (unpaired) electrons. The van der Waals surface area contributed by atoms with E-state index in [4.69, 9.17) is 13.7 Å². The molecule has 2 heterocycles. The van der Waals surface area contributed by atoms with Crippen LogP contribution in [0.2, 0.25) is 0 Å². The van der Waals surface area contributed by atoms with Gasteiger partial charge in [-0.05, 0) is 36.4 Å². The third-order valence-electron chi connectivity index (χ3n) is 3.00. The number of hydrogen-bond acceptors (Lipinski definition) is 6. The summed E-state index contributed by atoms with van der Waals surface area (Å²) in [6, 6.07) is 9.29. The first kappa shape index (κ1) is 16.6. The topological polar surface area (TPSA) is 74.7 Å². The van der Waals surface area contributed by atoms with Crippen LogP contribution in [0.1, 0.15) is 16.1 Å². The number of esters is 1. The molecule has 0 N–H and O–H groups in total. The fourth-order valence-electron chi connectivity index (χ4n) is 1.93. The zero-order valence-corrected chi connectivity index (χ0v) is 12.4. The molecule has 0 saturated carbocycles. The minimum Gasteiger partial charge on any atom is -0.461 e. The van der Waals surface area contributed by atoms with E-state index in [9.17, 15) is 18.0 Å². The highest BCUT2D eigenvalue weighted by Gasteiger charge is 2.31. The van der Waals surface area contributed by atoms with Crippen molar-refractivity contribution in [1.29, 1.82) is 0 Å². The molecule has 0 aliphatic heterocycles. The number of rotatable bonds is 5. The SMILES string of the molecule is O=C(OCc1cc(-c2ccco2)on1)c1ccc(OC(F)(F)F)cc1. The molecule has 2 aromatic heterocycles. The summed E-state index contributed by atoms with van der Waals surface area (Å²) in [5.74, 6) is -0.292. The van der Waals surface area contributed by atoms with Gasteiger partial charge < -0.3 is 18.4 Å². The van der Waals surface area contributed by atoms with Gasteiger partial charge in [0.2, 0.25) is 5.76 Å². The maximum atomic E-state index is 12.1. The van der Waals surface area contributed by atoms with E-state index in [0.29, 0.717) is 17.2 Å². The van der Waals surface area contributed by atoms with Crippen LogP contribution in [0.3, 0.4) is 0 Å². The van der Waals surface area contributed by atoms with Gasteiger partial charge in [0.25, 0.3) is 0 Å². The smallest absolute Gasteiger partial charge is 0.461 e. The molecule has 0 aliphatic carbocycles. The van der Waals surface area contributed by atoms with Gasteiger partial charge in [0.1, 0.15) is 18.1 Å². The lowest BCUT2D eigenvalue weighted by molar-refractivity contribution is -0.274. The molecule has 0 bridgehead atoms. The third kappa shape index (κ3) is 4.40. The van der Waals surface area contributed by atoms with E-state index < -0.39 is 18.1 Å². The predicted octanol–water partition coefficient (Wildman–Crippen LogP) is 4.19. The average molecular weight is 353 g/mol. The lowest BCUT2D eigenvalue weighted by Gasteiger charge is -2.09. The second-order valence-corrected chi connectivity index (χ2v) is 4.81. The number of carbonyl (C=O) groups is 1. The largest absolute Gasteiger partial charge is 0.573 e. The quantitative estimate of drug-likeness (QED) is 0.640. The molecule has 6 nitrogen and oxygen atoms in total. The van der Waals surface area contributed by atoms with Gasteiger partial charge in [-0.25, -0.2) is 4.79 Å². The van der Waals surface area contributed by atoms with Crippen molar-refractivity contribution in [2.75, 3.05) is 0 Å². The van der Waals surface area contributed by atoms with Crippen molar-refractivity contribution >= 4 is 5.97 Å². The second kappa shape index (κ2) is 6.71. The van der Waals surface area contributed by atoms with Crippen LogP contribution in [0.25, 0.3) is 11.5 Å². The molecule has 3 rings (SSSR count). The third-order valence-corrected chi connectivity index (χ3v) is 3.00. The van der Waals surface area contributed by atoms with Crippen LogP contribution >= 0.6 is 0 Å². The van der Waals surface area contributed by atoms with Crippen LogP contribution in [0, 0.1) is 0 Å². The first-order valence-electron chi connectivity index (χ1n) is 6.93.